The fourth-order valence-corrected chi connectivity index (χ4v) is 2.42. The predicted molar refractivity (Wildman–Crippen MR) is 109 cm³/mol. The fourth-order valence-electron chi connectivity index (χ4n) is 2.42. The molecule has 0 N–H and O–H groups in total. The van der Waals surface area contributed by atoms with Crippen molar-refractivity contribution < 1.29 is 23.9 Å². The fraction of sp³-hybridized carbons (Fsp3) is 0.286. The largest absolute Gasteiger partial charge is 0.493 e. The van der Waals surface area contributed by atoms with Gasteiger partial charge in [0.15, 0.2) is 11.5 Å². The molecule has 2 aromatic carbocycles. The minimum Gasteiger partial charge on any atom is -0.493 e. The molecule has 0 spiro atoms. The van der Waals surface area contributed by atoms with Gasteiger partial charge in [0, 0.05) is 24.8 Å². The van der Waals surface area contributed by atoms with Gasteiger partial charge in [-0.05, 0) is 56.4 Å². The summed E-state index contributed by atoms with van der Waals surface area (Å²) in [5.74, 6) is 0.839. The van der Waals surface area contributed by atoms with Gasteiger partial charge >= 0.3 is 5.97 Å². The molecule has 0 heterocycles. The Morgan fingerprint density at radius 2 is 1.86 bits per heavy atom. The van der Waals surface area contributed by atoms with Crippen molar-refractivity contribution in [2.75, 3.05) is 34.4 Å². The molecule has 2 rings (SSSR count). The number of nitro groups is 1. The number of carbonyl (C=O) groups is 1. The first kappa shape index (κ1) is 21.9. The molecule has 8 heteroatoms. The summed E-state index contributed by atoms with van der Waals surface area (Å²) in [4.78, 5) is 24.2. The van der Waals surface area contributed by atoms with E-state index in [0.717, 1.165) is 18.5 Å². The smallest absolute Gasteiger partial charge is 0.336 e. The normalized spacial score (nSPS) is 10.9. The van der Waals surface area contributed by atoms with Gasteiger partial charge in [0.25, 0.3) is 5.69 Å². The molecule has 0 aliphatic carbocycles. The van der Waals surface area contributed by atoms with Crippen LogP contribution in [0, 0.1) is 10.1 Å². The van der Waals surface area contributed by atoms with E-state index in [1.807, 2.05) is 14.1 Å². The molecule has 0 saturated carbocycles. The molecule has 0 radical (unpaired) electrons. The molecule has 29 heavy (non-hydrogen) atoms. The van der Waals surface area contributed by atoms with Crippen molar-refractivity contribution in [2.45, 2.75) is 6.42 Å². The van der Waals surface area contributed by atoms with Crippen LogP contribution in [-0.2, 0) is 4.79 Å². The standard InChI is InChI=1S/C21H24N2O6/c1-22(2)13-4-14-28-20-15-16(5-11-19(20)27-3)6-12-21(24)29-18-9-7-17(8-10-18)23(25)26/h5-12,15H,4,13-14H2,1-3H3/b12-6+. The van der Waals surface area contributed by atoms with Crippen LogP contribution >= 0.6 is 0 Å². The van der Waals surface area contributed by atoms with Crippen molar-refractivity contribution in [2.24, 2.45) is 0 Å². The minimum atomic E-state index is -0.594. The van der Waals surface area contributed by atoms with Crippen LogP contribution in [0.3, 0.4) is 0 Å². The molecule has 0 amide bonds. The number of ether oxygens (including phenoxy) is 3. The predicted octanol–water partition coefficient (Wildman–Crippen LogP) is 3.55. The van der Waals surface area contributed by atoms with Crippen molar-refractivity contribution >= 4 is 17.7 Å². The first-order chi connectivity index (χ1) is 13.9. The number of benzene rings is 2. The number of carbonyl (C=O) groups excluding carboxylic acids is 1. The van der Waals surface area contributed by atoms with Gasteiger partial charge < -0.3 is 19.1 Å². The third-order valence-electron chi connectivity index (χ3n) is 3.87. The Morgan fingerprint density at radius 3 is 2.48 bits per heavy atom. The average molecular weight is 400 g/mol. The van der Waals surface area contributed by atoms with E-state index < -0.39 is 10.9 Å². The van der Waals surface area contributed by atoms with Crippen LogP contribution in [0.25, 0.3) is 6.08 Å². The average Bonchev–Trinajstić information content (AvgIpc) is 2.70. The van der Waals surface area contributed by atoms with Gasteiger partial charge in [0.05, 0.1) is 18.6 Å². The van der Waals surface area contributed by atoms with Crippen LogP contribution in [0.5, 0.6) is 17.2 Å². The van der Waals surface area contributed by atoms with Crippen LogP contribution < -0.4 is 14.2 Å². The number of hydrogen-bond donors (Lipinski definition) is 0. The van der Waals surface area contributed by atoms with Crippen LogP contribution in [0.1, 0.15) is 12.0 Å². The monoisotopic (exact) mass is 400 g/mol. The molecule has 0 unspecified atom stereocenters. The molecule has 0 aromatic heterocycles. The van der Waals surface area contributed by atoms with Crippen LogP contribution in [0.2, 0.25) is 0 Å². The van der Waals surface area contributed by atoms with E-state index in [4.69, 9.17) is 14.2 Å². The Hall–Kier alpha value is -3.39. The van der Waals surface area contributed by atoms with E-state index in [0.29, 0.717) is 18.1 Å². The van der Waals surface area contributed by atoms with Crippen LogP contribution in [0.15, 0.2) is 48.5 Å². The second-order valence-electron chi connectivity index (χ2n) is 6.42. The maximum Gasteiger partial charge on any atom is 0.336 e. The topological polar surface area (TPSA) is 91.1 Å². The van der Waals surface area contributed by atoms with Gasteiger partial charge in [-0.25, -0.2) is 4.79 Å². The third-order valence-corrected chi connectivity index (χ3v) is 3.87. The quantitative estimate of drug-likeness (QED) is 0.150. The van der Waals surface area contributed by atoms with E-state index in [1.165, 1.54) is 30.3 Å². The number of rotatable bonds is 10. The second kappa shape index (κ2) is 10.8. The van der Waals surface area contributed by atoms with E-state index in [-0.39, 0.29) is 11.4 Å². The maximum atomic E-state index is 12.0. The van der Waals surface area contributed by atoms with Gasteiger partial charge in [-0.1, -0.05) is 6.07 Å². The number of nitro benzene ring substituents is 1. The first-order valence-corrected chi connectivity index (χ1v) is 8.99. The minimum absolute atomic E-state index is 0.0725. The lowest BCUT2D eigenvalue weighted by Gasteiger charge is -2.13. The molecule has 0 aliphatic rings. The molecule has 0 fully saturated rings. The SMILES string of the molecule is COc1ccc(/C=C/C(=O)Oc2ccc([N+](=O)[O-])cc2)cc1OCCCN(C)C. The molecule has 0 bridgehead atoms. The molecule has 2 aromatic rings. The molecule has 154 valence electrons. The van der Waals surface area contributed by atoms with Gasteiger partial charge in [-0.3, -0.25) is 10.1 Å². The number of esters is 1. The van der Waals surface area contributed by atoms with Crippen molar-refractivity contribution in [1.29, 1.82) is 0 Å². The highest BCUT2D eigenvalue weighted by atomic mass is 16.6. The van der Waals surface area contributed by atoms with E-state index in [9.17, 15) is 14.9 Å². The zero-order valence-corrected chi connectivity index (χ0v) is 16.7. The summed E-state index contributed by atoms with van der Waals surface area (Å²) in [6.07, 6.45) is 3.75. The summed E-state index contributed by atoms with van der Waals surface area (Å²) in [6, 6.07) is 10.6. The van der Waals surface area contributed by atoms with Crippen molar-refractivity contribution in [1.82, 2.24) is 4.90 Å². The molecular formula is C21H24N2O6. The number of non-ortho nitro benzene ring substituents is 1. The Kier molecular flexibility index (Phi) is 8.17. The summed E-state index contributed by atoms with van der Waals surface area (Å²) in [6.45, 7) is 1.46. The third kappa shape index (κ3) is 7.27. The second-order valence-corrected chi connectivity index (χ2v) is 6.42. The highest BCUT2D eigenvalue weighted by molar-refractivity contribution is 5.88. The summed E-state index contributed by atoms with van der Waals surface area (Å²) in [5.41, 5.74) is 0.672. The highest BCUT2D eigenvalue weighted by Gasteiger charge is 2.08. The Labute approximate surface area is 169 Å². The number of nitrogens with zero attached hydrogens (tertiary/aromatic N) is 2. The summed E-state index contributed by atoms with van der Waals surface area (Å²) in [5, 5.41) is 10.6. The Morgan fingerprint density at radius 1 is 1.14 bits per heavy atom. The summed E-state index contributed by atoms with van der Waals surface area (Å²) in [7, 11) is 5.57. The zero-order chi connectivity index (χ0) is 21.2. The van der Waals surface area contributed by atoms with Gasteiger partial charge in [0.2, 0.25) is 0 Å². The van der Waals surface area contributed by atoms with Gasteiger partial charge in [0.1, 0.15) is 5.75 Å². The number of methoxy groups -OCH3 is 1. The maximum absolute atomic E-state index is 12.0. The van der Waals surface area contributed by atoms with E-state index >= 15 is 0 Å². The summed E-state index contributed by atoms with van der Waals surface area (Å²) < 4.78 is 16.2. The highest BCUT2D eigenvalue weighted by Crippen LogP contribution is 2.28. The van der Waals surface area contributed by atoms with Gasteiger partial charge in [-0.15, -0.1) is 0 Å². The van der Waals surface area contributed by atoms with E-state index in [2.05, 4.69) is 4.90 Å². The van der Waals surface area contributed by atoms with Crippen LogP contribution in [0.4, 0.5) is 5.69 Å². The van der Waals surface area contributed by atoms with Crippen LogP contribution in [-0.4, -0.2) is 50.1 Å². The van der Waals surface area contributed by atoms with E-state index in [1.54, 1.807) is 31.4 Å². The molecular weight excluding hydrogens is 376 g/mol. The van der Waals surface area contributed by atoms with Gasteiger partial charge in [-0.2, -0.15) is 0 Å². The molecule has 0 atom stereocenters. The Bertz CT molecular complexity index is 862. The summed E-state index contributed by atoms with van der Waals surface area (Å²) >= 11 is 0. The number of hydrogen-bond acceptors (Lipinski definition) is 7. The van der Waals surface area contributed by atoms with Crippen molar-refractivity contribution in [3.05, 3.63) is 64.2 Å². The van der Waals surface area contributed by atoms with Crippen molar-refractivity contribution in [3.63, 3.8) is 0 Å². The first-order valence-electron chi connectivity index (χ1n) is 8.99. The lowest BCUT2D eigenvalue weighted by Crippen LogP contribution is -2.15. The van der Waals surface area contributed by atoms with Crippen molar-refractivity contribution in [3.8, 4) is 17.2 Å². The lowest BCUT2D eigenvalue weighted by atomic mass is 10.2. The lowest BCUT2D eigenvalue weighted by molar-refractivity contribution is -0.384. The molecule has 0 aliphatic heterocycles. The Balaban J connectivity index is 1.98. The molecule has 0 saturated heterocycles. The molecule has 8 nitrogen and oxygen atoms in total. The zero-order valence-electron chi connectivity index (χ0n) is 16.7.